The van der Waals surface area contributed by atoms with E-state index in [4.69, 9.17) is 5.26 Å². The number of hydrogen-bond acceptors (Lipinski definition) is 3. The molecule has 0 fully saturated rings. The summed E-state index contributed by atoms with van der Waals surface area (Å²) in [6, 6.07) is 9.04. The number of nitrogens with zero attached hydrogens (tertiary/aromatic N) is 1. The fraction of sp³-hybridized carbons (Fsp3) is 0.333. The van der Waals surface area contributed by atoms with Crippen LogP contribution in [0.4, 0.5) is 5.69 Å². The van der Waals surface area contributed by atoms with Crippen LogP contribution in [0.2, 0.25) is 0 Å². The van der Waals surface area contributed by atoms with Gasteiger partial charge in [0, 0.05) is 12.2 Å². The summed E-state index contributed by atoms with van der Waals surface area (Å²) in [6.07, 6.45) is 0.933. The van der Waals surface area contributed by atoms with Crippen molar-refractivity contribution in [1.29, 1.82) is 5.26 Å². The van der Waals surface area contributed by atoms with Gasteiger partial charge in [0.25, 0.3) is 0 Å². The summed E-state index contributed by atoms with van der Waals surface area (Å²) in [5.41, 5.74) is 1.45. The maximum absolute atomic E-state index is 11.3. The van der Waals surface area contributed by atoms with E-state index < -0.39 is 0 Å². The molecule has 16 heavy (non-hydrogen) atoms. The van der Waals surface area contributed by atoms with Crippen molar-refractivity contribution in [2.45, 2.75) is 13.3 Å². The van der Waals surface area contributed by atoms with Crippen LogP contribution in [0, 0.1) is 11.3 Å². The maximum Gasteiger partial charge on any atom is 0.239 e. The number of nitrogens with one attached hydrogen (secondary N) is 2. The number of amides is 1. The normalized spacial score (nSPS) is 9.25. The molecule has 0 aliphatic rings. The maximum atomic E-state index is 11.3. The van der Waals surface area contributed by atoms with E-state index in [1.807, 2.05) is 13.0 Å². The molecule has 0 saturated carbocycles. The van der Waals surface area contributed by atoms with Gasteiger partial charge in [-0.3, -0.25) is 4.79 Å². The Morgan fingerprint density at radius 3 is 2.62 bits per heavy atom. The predicted molar refractivity (Wildman–Crippen MR) is 62.9 cm³/mol. The van der Waals surface area contributed by atoms with E-state index in [1.54, 1.807) is 24.3 Å². The highest BCUT2D eigenvalue weighted by Gasteiger charge is 1.99. The minimum atomic E-state index is -0.0220. The molecule has 0 heterocycles. The molecule has 1 rings (SSSR count). The molecule has 0 unspecified atom stereocenters. The second-order valence-electron chi connectivity index (χ2n) is 3.39. The minimum absolute atomic E-state index is 0.0220. The number of carbonyl (C=O) groups excluding carboxylic acids is 1. The Kier molecular flexibility index (Phi) is 4.87. The number of benzene rings is 1. The van der Waals surface area contributed by atoms with Gasteiger partial charge >= 0.3 is 0 Å². The zero-order valence-corrected chi connectivity index (χ0v) is 9.29. The van der Waals surface area contributed by atoms with Crippen LogP contribution in [0.15, 0.2) is 24.3 Å². The summed E-state index contributed by atoms with van der Waals surface area (Å²) < 4.78 is 0. The first-order valence-corrected chi connectivity index (χ1v) is 5.27. The van der Waals surface area contributed by atoms with Gasteiger partial charge in [0.2, 0.25) is 5.91 Å². The number of rotatable bonds is 5. The average Bonchev–Trinajstić information content (AvgIpc) is 2.34. The monoisotopic (exact) mass is 217 g/mol. The van der Waals surface area contributed by atoms with Gasteiger partial charge in [-0.1, -0.05) is 6.92 Å². The molecule has 0 radical (unpaired) electrons. The minimum Gasteiger partial charge on any atom is -0.376 e. The van der Waals surface area contributed by atoms with Crippen molar-refractivity contribution in [3.8, 4) is 6.07 Å². The second-order valence-corrected chi connectivity index (χ2v) is 3.39. The molecule has 1 amide bonds. The van der Waals surface area contributed by atoms with Crippen molar-refractivity contribution >= 4 is 11.6 Å². The quantitative estimate of drug-likeness (QED) is 0.785. The van der Waals surface area contributed by atoms with E-state index in [9.17, 15) is 4.79 Å². The van der Waals surface area contributed by atoms with E-state index in [0.29, 0.717) is 12.1 Å². The lowest BCUT2D eigenvalue weighted by atomic mass is 10.2. The molecule has 0 bridgehead atoms. The molecule has 4 heteroatoms. The van der Waals surface area contributed by atoms with Crippen LogP contribution in [0.25, 0.3) is 0 Å². The number of anilines is 1. The molecule has 0 atom stereocenters. The van der Waals surface area contributed by atoms with Crippen LogP contribution in [0.5, 0.6) is 0 Å². The van der Waals surface area contributed by atoms with Gasteiger partial charge in [-0.25, -0.2) is 0 Å². The first kappa shape index (κ1) is 12.1. The van der Waals surface area contributed by atoms with Crippen LogP contribution in [-0.4, -0.2) is 19.0 Å². The lowest BCUT2D eigenvalue weighted by Gasteiger charge is -2.06. The van der Waals surface area contributed by atoms with Crippen molar-refractivity contribution in [1.82, 2.24) is 5.32 Å². The summed E-state index contributed by atoms with van der Waals surface area (Å²) in [5, 5.41) is 14.4. The molecule has 0 saturated heterocycles. The largest absolute Gasteiger partial charge is 0.376 e. The Morgan fingerprint density at radius 2 is 2.06 bits per heavy atom. The summed E-state index contributed by atoms with van der Waals surface area (Å²) >= 11 is 0. The topological polar surface area (TPSA) is 64.9 Å². The third-order valence-corrected chi connectivity index (χ3v) is 2.04. The lowest BCUT2D eigenvalue weighted by Crippen LogP contribution is -2.30. The van der Waals surface area contributed by atoms with Crippen molar-refractivity contribution in [2.75, 3.05) is 18.4 Å². The van der Waals surface area contributed by atoms with E-state index >= 15 is 0 Å². The second kappa shape index (κ2) is 6.46. The molecule has 1 aromatic carbocycles. The summed E-state index contributed by atoms with van der Waals surface area (Å²) in [6.45, 7) is 2.97. The van der Waals surface area contributed by atoms with Crippen LogP contribution in [0.3, 0.4) is 0 Å². The van der Waals surface area contributed by atoms with Gasteiger partial charge in [-0.05, 0) is 30.7 Å². The van der Waals surface area contributed by atoms with Crippen molar-refractivity contribution in [3.63, 3.8) is 0 Å². The Labute approximate surface area is 95.3 Å². The smallest absolute Gasteiger partial charge is 0.239 e. The van der Waals surface area contributed by atoms with Gasteiger partial charge in [-0.2, -0.15) is 5.26 Å². The van der Waals surface area contributed by atoms with Crippen LogP contribution < -0.4 is 10.6 Å². The summed E-state index contributed by atoms with van der Waals surface area (Å²) in [4.78, 5) is 11.3. The lowest BCUT2D eigenvalue weighted by molar-refractivity contribution is -0.119. The van der Waals surface area contributed by atoms with Crippen LogP contribution >= 0.6 is 0 Å². The van der Waals surface area contributed by atoms with Gasteiger partial charge in [0.1, 0.15) is 0 Å². The molecule has 0 aliphatic carbocycles. The van der Waals surface area contributed by atoms with E-state index in [2.05, 4.69) is 10.6 Å². The van der Waals surface area contributed by atoms with E-state index in [1.165, 1.54) is 0 Å². The van der Waals surface area contributed by atoms with E-state index in [0.717, 1.165) is 12.1 Å². The molecular weight excluding hydrogens is 202 g/mol. The molecule has 4 nitrogen and oxygen atoms in total. The molecule has 2 N–H and O–H groups in total. The third-order valence-electron chi connectivity index (χ3n) is 2.04. The van der Waals surface area contributed by atoms with Gasteiger partial charge < -0.3 is 10.6 Å². The molecule has 84 valence electrons. The number of hydrogen-bond donors (Lipinski definition) is 2. The fourth-order valence-electron chi connectivity index (χ4n) is 1.17. The number of carbonyl (C=O) groups is 1. The van der Waals surface area contributed by atoms with Crippen molar-refractivity contribution in [2.24, 2.45) is 0 Å². The molecule has 0 spiro atoms. The third kappa shape index (κ3) is 4.01. The summed E-state index contributed by atoms with van der Waals surface area (Å²) in [7, 11) is 0. The van der Waals surface area contributed by atoms with Crippen LogP contribution in [0.1, 0.15) is 18.9 Å². The molecular formula is C12H15N3O. The zero-order chi connectivity index (χ0) is 11.8. The Morgan fingerprint density at radius 1 is 1.38 bits per heavy atom. The first-order valence-electron chi connectivity index (χ1n) is 5.27. The molecule has 1 aromatic rings. The average molecular weight is 217 g/mol. The Balaban J connectivity index is 2.37. The first-order chi connectivity index (χ1) is 7.76. The highest BCUT2D eigenvalue weighted by Crippen LogP contribution is 2.07. The Bertz CT molecular complexity index is 378. The summed E-state index contributed by atoms with van der Waals surface area (Å²) in [5.74, 6) is -0.0220. The SMILES string of the molecule is CCCNC(=O)CNc1ccc(C#N)cc1. The standard InChI is InChI=1S/C12H15N3O/c1-2-7-14-12(16)9-15-11-5-3-10(8-13)4-6-11/h3-6,15H,2,7,9H2,1H3,(H,14,16). The van der Waals surface area contributed by atoms with Gasteiger partial charge in [-0.15, -0.1) is 0 Å². The molecule has 0 aliphatic heterocycles. The highest BCUT2D eigenvalue weighted by atomic mass is 16.1. The van der Waals surface area contributed by atoms with Crippen molar-refractivity contribution in [3.05, 3.63) is 29.8 Å². The molecule has 0 aromatic heterocycles. The van der Waals surface area contributed by atoms with Gasteiger partial charge in [0.05, 0.1) is 18.2 Å². The predicted octanol–water partition coefficient (Wildman–Crippen LogP) is 1.50. The highest BCUT2D eigenvalue weighted by molar-refractivity contribution is 5.80. The Hall–Kier alpha value is -2.02. The van der Waals surface area contributed by atoms with Crippen molar-refractivity contribution < 1.29 is 4.79 Å². The zero-order valence-electron chi connectivity index (χ0n) is 9.29. The van der Waals surface area contributed by atoms with E-state index in [-0.39, 0.29) is 12.5 Å². The van der Waals surface area contributed by atoms with Crippen LogP contribution in [-0.2, 0) is 4.79 Å². The van der Waals surface area contributed by atoms with Gasteiger partial charge in [0.15, 0.2) is 0 Å². The fourth-order valence-corrected chi connectivity index (χ4v) is 1.17. The number of nitriles is 1.